The Labute approximate surface area is 132 Å². The van der Waals surface area contributed by atoms with Gasteiger partial charge in [-0.25, -0.2) is 0 Å². The standard InChI is InChI=1S/C17H26N2O3/c1-3-22-16-10-5-4-8-14(16)18-17(21)12-19-11-7-6-9-15(19)13(2)20/h4-5,8,10,13,15,20H,3,6-7,9,11-12H2,1-2H3,(H,18,21). The first kappa shape index (κ1) is 16.8. The van der Waals surface area contributed by atoms with Gasteiger partial charge in [0, 0.05) is 6.04 Å². The van der Waals surface area contributed by atoms with Gasteiger partial charge in [0.2, 0.25) is 5.91 Å². The van der Waals surface area contributed by atoms with Crippen LogP contribution in [-0.2, 0) is 4.79 Å². The van der Waals surface area contributed by atoms with Gasteiger partial charge in [0.1, 0.15) is 5.75 Å². The van der Waals surface area contributed by atoms with Crippen molar-refractivity contribution in [1.82, 2.24) is 4.90 Å². The van der Waals surface area contributed by atoms with E-state index in [9.17, 15) is 9.90 Å². The van der Waals surface area contributed by atoms with Crippen molar-refractivity contribution in [2.24, 2.45) is 0 Å². The number of carbonyl (C=O) groups excluding carboxylic acids is 1. The zero-order chi connectivity index (χ0) is 15.9. The molecule has 2 N–H and O–H groups in total. The average Bonchev–Trinajstić information content (AvgIpc) is 2.50. The lowest BCUT2D eigenvalue weighted by Crippen LogP contribution is -2.48. The molecule has 5 nitrogen and oxygen atoms in total. The van der Waals surface area contributed by atoms with Gasteiger partial charge in [-0.3, -0.25) is 9.69 Å². The minimum absolute atomic E-state index is 0.0697. The lowest BCUT2D eigenvalue weighted by Gasteiger charge is -2.36. The zero-order valence-electron chi connectivity index (χ0n) is 13.4. The number of ether oxygens (including phenoxy) is 1. The molecule has 1 aromatic rings. The van der Waals surface area contributed by atoms with Gasteiger partial charge in [0.25, 0.3) is 0 Å². The topological polar surface area (TPSA) is 61.8 Å². The molecule has 1 aliphatic heterocycles. The molecule has 1 saturated heterocycles. The fraction of sp³-hybridized carbons (Fsp3) is 0.588. The van der Waals surface area contributed by atoms with Crippen LogP contribution >= 0.6 is 0 Å². The van der Waals surface area contributed by atoms with Crippen molar-refractivity contribution in [2.45, 2.75) is 45.3 Å². The van der Waals surface area contributed by atoms with Crippen LogP contribution in [0.25, 0.3) is 0 Å². The SMILES string of the molecule is CCOc1ccccc1NC(=O)CN1CCCCC1C(C)O. The maximum absolute atomic E-state index is 12.3. The fourth-order valence-corrected chi connectivity index (χ4v) is 2.98. The Morgan fingerprint density at radius 2 is 2.23 bits per heavy atom. The summed E-state index contributed by atoms with van der Waals surface area (Å²) in [6, 6.07) is 7.51. The minimum Gasteiger partial charge on any atom is -0.492 e. The number of nitrogens with zero attached hydrogens (tertiary/aromatic N) is 1. The summed E-state index contributed by atoms with van der Waals surface area (Å²) < 4.78 is 5.52. The van der Waals surface area contributed by atoms with Crippen molar-refractivity contribution in [2.75, 3.05) is 25.0 Å². The summed E-state index contributed by atoms with van der Waals surface area (Å²) in [5, 5.41) is 12.8. The van der Waals surface area contributed by atoms with Crippen molar-refractivity contribution in [1.29, 1.82) is 0 Å². The van der Waals surface area contributed by atoms with E-state index in [1.807, 2.05) is 31.2 Å². The number of carbonyl (C=O) groups is 1. The van der Waals surface area contributed by atoms with Crippen molar-refractivity contribution in [3.8, 4) is 5.75 Å². The first-order valence-corrected chi connectivity index (χ1v) is 8.05. The molecule has 0 saturated carbocycles. The molecule has 1 aromatic carbocycles. The van der Waals surface area contributed by atoms with Crippen LogP contribution in [0.15, 0.2) is 24.3 Å². The molecule has 0 bridgehead atoms. The van der Waals surface area contributed by atoms with Crippen LogP contribution in [0.5, 0.6) is 5.75 Å². The number of rotatable bonds is 6. The highest BCUT2D eigenvalue weighted by molar-refractivity contribution is 5.93. The molecular formula is C17H26N2O3. The number of likely N-dealkylation sites (tertiary alicyclic amines) is 1. The summed E-state index contributed by atoms with van der Waals surface area (Å²) >= 11 is 0. The zero-order valence-corrected chi connectivity index (χ0v) is 13.4. The largest absolute Gasteiger partial charge is 0.492 e. The van der Waals surface area contributed by atoms with Gasteiger partial charge in [-0.15, -0.1) is 0 Å². The molecule has 0 aromatic heterocycles. The Morgan fingerprint density at radius 3 is 2.95 bits per heavy atom. The number of amides is 1. The molecule has 1 fully saturated rings. The molecule has 22 heavy (non-hydrogen) atoms. The number of nitrogens with one attached hydrogen (secondary N) is 1. The molecule has 1 aliphatic rings. The Hall–Kier alpha value is -1.59. The lowest BCUT2D eigenvalue weighted by molar-refractivity contribution is -0.118. The molecule has 1 amide bonds. The van der Waals surface area contributed by atoms with Crippen LogP contribution in [0.2, 0.25) is 0 Å². The fourth-order valence-electron chi connectivity index (χ4n) is 2.98. The third kappa shape index (κ3) is 4.45. The molecule has 0 spiro atoms. The molecule has 2 rings (SSSR count). The van der Waals surface area contributed by atoms with E-state index in [0.717, 1.165) is 25.8 Å². The van der Waals surface area contributed by atoms with Crippen molar-refractivity contribution < 1.29 is 14.6 Å². The van der Waals surface area contributed by atoms with Gasteiger partial charge in [-0.1, -0.05) is 18.6 Å². The molecule has 1 heterocycles. The van der Waals surface area contributed by atoms with Crippen LogP contribution in [0, 0.1) is 0 Å². The van der Waals surface area contributed by atoms with E-state index in [1.54, 1.807) is 6.92 Å². The molecule has 122 valence electrons. The van der Waals surface area contributed by atoms with E-state index in [1.165, 1.54) is 0 Å². The Bertz CT molecular complexity index is 491. The van der Waals surface area contributed by atoms with E-state index < -0.39 is 6.10 Å². The monoisotopic (exact) mass is 306 g/mol. The summed E-state index contributed by atoms with van der Waals surface area (Å²) in [5.41, 5.74) is 0.694. The van der Waals surface area contributed by atoms with Gasteiger partial charge in [0.05, 0.1) is 24.9 Å². The van der Waals surface area contributed by atoms with E-state index in [0.29, 0.717) is 24.6 Å². The molecule has 0 aliphatic carbocycles. The molecule has 2 atom stereocenters. The number of hydrogen-bond acceptors (Lipinski definition) is 4. The predicted octanol–water partition coefficient (Wildman–Crippen LogP) is 2.26. The number of hydrogen-bond donors (Lipinski definition) is 2. The summed E-state index contributed by atoms with van der Waals surface area (Å²) in [4.78, 5) is 14.4. The number of anilines is 1. The maximum Gasteiger partial charge on any atom is 0.238 e. The molecule has 2 unspecified atom stereocenters. The van der Waals surface area contributed by atoms with Gasteiger partial charge in [0.15, 0.2) is 0 Å². The highest BCUT2D eigenvalue weighted by atomic mass is 16.5. The van der Waals surface area contributed by atoms with E-state index in [-0.39, 0.29) is 11.9 Å². The average molecular weight is 306 g/mol. The third-order valence-corrected chi connectivity index (χ3v) is 4.03. The van der Waals surface area contributed by atoms with Crippen LogP contribution in [-0.4, -0.2) is 47.8 Å². The number of aliphatic hydroxyl groups is 1. The quantitative estimate of drug-likeness (QED) is 0.846. The summed E-state index contributed by atoms with van der Waals surface area (Å²) in [6.45, 7) is 5.43. The summed E-state index contributed by atoms with van der Waals surface area (Å²) in [6.07, 6.45) is 2.72. The van der Waals surface area contributed by atoms with E-state index >= 15 is 0 Å². The number of piperidine rings is 1. The molecule has 0 radical (unpaired) electrons. The van der Waals surface area contributed by atoms with Gasteiger partial charge >= 0.3 is 0 Å². The second kappa shape index (κ2) is 8.15. The first-order chi connectivity index (χ1) is 10.6. The van der Waals surface area contributed by atoms with E-state index in [2.05, 4.69) is 10.2 Å². The maximum atomic E-state index is 12.3. The normalized spacial score (nSPS) is 20.4. The van der Waals surface area contributed by atoms with Crippen LogP contribution in [0.1, 0.15) is 33.1 Å². The van der Waals surface area contributed by atoms with Crippen molar-refractivity contribution >= 4 is 11.6 Å². The van der Waals surface area contributed by atoms with Crippen LogP contribution < -0.4 is 10.1 Å². The van der Waals surface area contributed by atoms with Gasteiger partial charge in [-0.05, 0) is 45.4 Å². The Balaban J connectivity index is 1.97. The minimum atomic E-state index is -0.413. The van der Waals surface area contributed by atoms with Crippen molar-refractivity contribution in [3.63, 3.8) is 0 Å². The second-order valence-corrected chi connectivity index (χ2v) is 5.75. The predicted molar refractivity (Wildman–Crippen MR) is 87.1 cm³/mol. The number of benzene rings is 1. The van der Waals surface area contributed by atoms with Gasteiger partial charge < -0.3 is 15.2 Å². The van der Waals surface area contributed by atoms with Gasteiger partial charge in [-0.2, -0.15) is 0 Å². The van der Waals surface area contributed by atoms with Crippen LogP contribution in [0.4, 0.5) is 5.69 Å². The first-order valence-electron chi connectivity index (χ1n) is 8.05. The highest BCUT2D eigenvalue weighted by Gasteiger charge is 2.27. The number of aliphatic hydroxyl groups excluding tert-OH is 1. The van der Waals surface area contributed by atoms with Crippen molar-refractivity contribution in [3.05, 3.63) is 24.3 Å². The summed E-state index contributed by atoms with van der Waals surface area (Å²) in [7, 11) is 0. The Morgan fingerprint density at radius 1 is 1.45 bits per heavy atom. The second-order valence-electron chi connectivity index (χ2n) is 5.75. The highest BCUT2D eigenvalue weighted by Crippen LogP contribution is 2.24. The molecular weight excluding hydrogens is 280 g/mol. The number of para-hydroxylation sites is 2. The smallest absolute Gasteiger partial charge is 0.238 e. The Kier molecular flexibility index (Phi) is 6.21. The molecule has 5 heteroatoms. The summed E-state index contributed by atoms with van der Waals surface area (Å²) in [5.74, 6) is 0.615. The lowest BCUT2D eigenvalue weighted by atomic mass is 9.98. The van der Waals surface area contributed by atoms with E-state index in [4.69, 9.17) is 4.74 Å². The van der Waals surface area contributed by atoms with Crippen LogP contribution in [0.3, 0.4) is 0 Å². The third-order valence-electron chi connectivity index (χ3n) is 4.03.